The van der Waals surface area contributed by atoms with Crippen molar-refractivity contribution in [2.24, 2.45) is 0 Å². The summed E-state index contributed by atoms with van der Waals surface area (Å²) in [5.41, 5.74) is 1.24. The van der Waals surface area contributed by atoms with Gasteiger partial charge in [-0.05, 0) is 14.0 Å². The zero-order valence-electron chi connectivity index (χ0n) is 7.96. The van der Waals surface area contributed by atoms with Gasteiger partial charge in [0.05, 0.1) is 22.2 Å². The van der Waals surface area contributed by atoms with Gasteiger partial charge in [0.25, 0.3) is 0 Å². The monoisotopic (exact) mass is 198 g/mol. The molecule has 2 rings (SSSR count). The molecule has 0 amide bonds. The number of rotatable bonds is 2. The second-order valence-electron chi connectivity index (χ2n) is 3.21. The highest BCUT2D eigenvalue weighted by atomic mass is 32.1. The second-order valence-corrected chi connectivity index (χ2v) is 4.45. The minimum atomic E-state index is 0.222. The van der Waals surface area contributed by atoms with Gasteiger partial charge >= 0.3 is 0 Å². The highest BCUT2D eigenvalue weighted by Crippen LogP contribution is 2.31. The number of ether oxygens (including phenoxy) is 1. The third-order valence-electron chi connectivity index (χ3n) is 2.17. The fourth-order valence-electron chi connectivity index (χ4n) is 1.63. The van der Waals surface area contributed by atoms with Gasteiger partial charge in [-0.3, -0.25) is 0 Å². The molecule has 13 heavy (non-hydrogen) atoms. The van der Waals surface area contributed by atoms with E-state index in [0.717, 1.165) is 24.6 Å². The van der Waals surface area contributed by atoms with Crippen LogP contribution in [0.15, 0.2) is 0 Å². The Kier molecular flexibility index (Phi) is 2.62. The van der Waals surface area contributed by atoms with Crippen LogP contribution in [0.4, 0.5) is 0 Å². The summed E-state index contributed by atoms with van der Waals surface area (Å²) >= 11 is 1.76. The van der Waals surface area contributed by atoms with Gasteiger partial charge in [0.15, 0.2) is 0 Å². The molecule has 1 aromatic heterocycles. The fourth-order valence-corrected chi connectivity index (χ4v) is 2.65. The summed E-state index contributed by atoms with van der Waals surface area (Å²) < 4.78 is 5.67. The van der Waals surface area contributed by atoms with Gasteiger partial charge in [-0.25, -0.2) is 4.98 Å². The number of aromatic nitrogens is 1. The molecule has 0 aromatic carbocycles. The Hall–Kier alpha value is -0.450. The molecule has 0 saturated heterocycles. The zero-order valence-corrected chi connectivity index (χ0v) is 8.78. The summed E-state index contributed by atoms with van der Waals surface area (Å²) in [5, 5.41) is 4.29. The maximum absolute atomic E-state index is 5.67. The van der Waals surface area contributed by atoms with E-state index in [1.807, 2.05) is 7.05 Å². The van der Waals surface area contributed by atoms with Gasteiger partial charge in [-0.2, -0.15) is 0 Å². The molecule has 0 spiro atoms. The lowest BCUT2D eigenvalue weighted by molar-refractivity contribution is 0.0458. The quantitative estimate of drug-likeness (QED) is 0.777. The van der Waals surface area contributed by atoms with Crippen LogP contribution in [0.3, 0.4) is 0 Å². The lowest BCUT2D eigenvalue weighted by Gasteiger charge is -2.21. The molecule has 0 radical (unpaired) electrons. The number of likely N-dealkylation sites (N-methyl/N-ethyl adjacent to an activating group) is 1. The predicted octanol–water partition coefficient (Wildman–Crippen LogP) is 1.28. The summed E-state index contributed by atoms with van der Waals surface area (Å²) in [5.74, 6) is 0. The average molecular weight is 198 g/mol. The van der Waals surface area contributed by atoms with Gasteiger partial charge in [0.2, 0.25) is 0 Å². The van der Waals surface area contributed by atoms with E-state index >= 15 is 0 Å². The average Bonchev–Trinajstić information content (AvgIpc) is 2.47. The Balaban J connectivity index is 2.25. The number of fused-ring (bicyclic) bond motifs is 1. The number of nitrogens with zero attached hydrogens (tertiary/aromatic N) is 1. The lowest BCUT2D eigenvalue weighted by atomic mass is 10.1. The Morgan fingerprint density at radius 2 is 2.54 bits per heavy atom. The molecule has 0 aliphatic carbocycles. The van der Waals surface area contributed by atoms with Crippen LogP contribution in [-0.2, 0) is 11.2 Å². The van der Waals surface area contributed by atoms with E-state index < -0.39 is 0 Å². The molecule has 0 fully saturated rings. The third kappa shape index (κ3) is 1.75. The van der Waals surface area contributed by atoms with Crippen molar-refractivity contribution in [3.63, 3.8) is 0 Å². The topological polar surface area (TPSA) is 34.1 Å². The predicted molar refractivity (Wildman–Crippen MR) is 53.2 cm³/mol. The first kappa shape index (κ1) is 9.12. The van der Waals surface area contributed by atoms with Gasteiger partial charge < -0.3 is 10.1 Å². The van der Waals surface area contributed by atoms with Crippen molar-refractivity contribution in [2.75, 3.05) is 20.2 Å². The maximum atomic E-state index is 5.67. The van der Waals surface area contributed by atoms with Crippen LogP contribution in [0.25, 0.3) is 0 Å². The van der Waals surface area contributed by atoms with E-state index in [1.165, 1.54) is 10.6 Å². The first-order valence-corrected chi connectivity index (χ1v) is 5.35. The summed E-state index contributed by atoms with van der Waals surface area (Å²) in [6.45, 7) is 3.75. The molecule has 1 aliphatic rings. The van der Waals surface area contributed by atoms with Gasteiger partial charge in [-0.1, -0.05) is 0 Å². The standard InChI is InChI=1S/C9H14N2OS/c1-6-11-7-3-4-12-8(5-10-2)9(7)13-6/h8,10H,3-5H2,1-2H3. The van der Waals surface area contributed by atoms with E-state index in [2.05, 4.69) is 17.2 Å². The first-order chi connectivity index (χ1) is 6.31. The minimum absolute atomic E-state index is 0.222. The molecule has 1 atom stereocenters. The third-order valence-corrected chi connectivity index (χ3v) is 3.28. The van der Waals surface area contributed by atoms with E-state index in [0.29, 0.717) is 0 Å². The molecule has 0 bridgehead atoms. The minimum Gasteiger partial charge on any atom is -0.371 e. The molecule has 72 valence electrons. The van der Waals surface area contributed by atoms with Crippen molar-refractivity contribution >= 4 is 11.3 Å². The second kappa shape index (κ2) is 3.74. The molecule has 1 N–H and O–H groups in total. The number of aryl methyl sites for hydroxylation is 1. The van der Waals surface area contributed by atoms with Crippen molar-refractivity contribution in [1.82, 2.24) is 10.3 Å². The highest BCUT2D eigenvalue weighted by molar-refractivity contribution is 7.11. The Morgan fingerprint density at radius 3 is 3.31 bits per heavy atom. The summed E-state index contributed by atoms with van der Waals surface area (Å²) in [4.78, 5) is 5.81. The normalized spacial score (nSPS) is 21.5. The smallest absolute Gasteiger partial charge is 0.106 e. The molecule has 1 aromatic rings. The number of thiazole rings is 1. The van der Waals surface area contributed by atoms with Crippen LogP contribution in [0.2, 0.25) is 0 Å². The number of hydrogen-bond acceptors (Lipinski definition) is 4. The van der Waals surface area contributed by atoms with Crippen LogP contribution in [0, 0.1) is 6.92 Å². The molecular formula is C9H14N2OS. The van der Waals surface area contributed by atoms with Crippen molar-refractivity contribution in [2.45, 2.75) is 19.4 Å². The van der Waals surface area contributed by atoms with Crippen LogP contribution in [0.5, 0.6) is 0 Å². The van der Waals surface area contributed by atoms with E-state index in [9.17, 15) is 0 Å². The maximum Gasteiger partial charge on any atom is 0.106 e. The number of nitrogens with one attached hydrogen (secondary N) is 1. The molecule has 0 saturated carbocycles. The van der Waals surface area contributed by atoms with Crippen molar-refractivity contribution < 1.29 is 4.74 Å². The highest BCUT2D eigenvalue weighted by Gasteiger charge is 2.23. The van der Waals surface area contributed by atoms with Gasteiger partial charge in [0.1, 0.15) is 6.10 Å². The van der Waals surface area contributed by atoms with Crippen LogP contribution in [-0.4, -0.2) is 25.2 Å². The SMILES string of the molecule is CNCC1OCCc2nc(C)sc21. The summed E-state index contributed by atoms with van der Waals surface area (Å²) in [6.07, 6.45) is 1.19. The molecular weight excluding hydrogens is 184 g/mol. The Bertz CT molecular complexity index is 298. The molecule has 2 heterocycles. The molecule has 1 unspecified atom stereocenters. The first-order valence-electron chi connectivity index (χ1n) is 4.53. The molecule has 4 heteroatoms. The Labute approximate surface area is 82.1 Å². The largest absolute Gasteiger partial charge is 0.371 e. The molecule has 1 aliphatic heterocycles. The van der Waals surface area contributed by atoms with E-state index in [-0.39, 0.29) is 6.10 Å². The van der Waals surface area contributed by atoms with Crippen LogP contribution in [0.1, 0.15) is 21.7 Å². The van der Waals surface area contributed by atoms with E-state index in [4.69, 9.17) is 4.74 Å². The van der Waals surface area contributed by atoms with Crippen LogP contribution >= 0.6 is 11.3 Å². The zero-order chi connectivity index (χ0) is 9.26. The van der Waals surface area contributed by atoms with Gasteiger partial charge in [-0.15, -0.1) is 11.3 Å². The molecule has 3 nitrogen and oxygen atoms in total. The van der Waals surface area contributed by atoms with Crippen molar-refractivity contribution in [3.8, 4) is 0 Å². The summed E-state index contributed by atoms with van der Waals surface area (Å²) in [7, 11) is 1.95. The van der Waals surface area contributed by atoms with Crippen molar-refractivity contribution in [3.05, 3.63) is 15.6 Å². The Morgan fingerprint density at radius 1 is 1.69 bits per heavy atom. The number of hydrogen-bond donors (Lipinski definition) is 1. The van der Waals surface area contributed by atoms with Crippen LogP contribution < -0.4 is 5.32 Å². The fraction of sp³-hybridized carbons (Fsp3) is 0.667. The van der Waals surface area contributed by atoms with Crippen molar-refractivity contribution in [1.29, 1.82) is 0 Å². The van der Waals surface area contributed by atoms with E-state index in [1.54, 1.807) is 11.3 Å². The lowest BCUT2D eigenvalue weighted by Crippen LogP contribution is -2.24. The summed E-state index contributed by atoms with van der Waals surface area (Å²) in [6, 6.07) is 0. The van der Waals surface area contributed by atoms with Gasteiger partial charge in [0, 0.05) is 13.0 Å².